The van der Waals surface area contributed by atoms with Crippen LogP contribution in [0.2, 0.25) is 0 Å². The summed E-state index contributed by atoms with van der Waals surface area (Å²) in [7, 11) is 0. The summed E-state index contributed by atoms with van der Waals surface area (Å²) in [5.74, 6) is 0.907. The fourth-order valence-corrected chi connectivity index (χ4v) is 2.48. The Labute approximate surface area is 90.2 Å². The molecule has 0 amide bonds. The Morgan fingerprint density at radius 1 is 1.57 bits per heavy atom. The summed E-state index contributed by atoms with van der Waals surface area (Å²) in [6.45, 7) is 4.22. The first-order valence-corrected chi connectivity index (χ1v) is 6.14. The SMILES string of the molecule is CCCC(=O)CC(C)Cc1cccs1. The predicted molar refractivity (Wildman–Crippen MR) is 61.7 cm³/mol. The third-order valence-corrected chi connectivity index (χ3v) is 3.13. The van der Waals surface area contributed by atoms with Gasteiger partial charge >= 0.3 is 0 Å². The molecule has 0 aliphatic heterocycles. The maximum Gasteiger partial charge on any atom is 0.133 e. The highest BCUT2D eigenvalue weighted by Gasteiger charge is 2.09. The standard InChI is InChI=1S/C12H18OS/c1-3-5-11(13)8-10(2)9-12-6-4-7-14-12/h4,6-7,10H,3,5,8-9H2,1-2H3. The van der Waals surface area contributed by atoms with Crippen molar-refractivity contribution in [2.45, 2.75) is 39.5 Å². The van der Waals surface area contributed by atoms with Crippen molar-refractivity contribution in [2.75, 3.05) is 0 Å². The quantitative estimate of drug-likeness (QED) is 0.700. The van der Waals surface area contributed by atoms with Crippen molar-refractivity contribution in [3.8, 4) is 0 Å². The van der Waals surface area contributed by atoms with Gasteiger partial charge in [0.05, 0.1) is 0 Å². The fourth-order valence-electron chi connectivity index (χ4n) is 1.61. The molecule has 0 aromatic carbocycles. The van der Waals surface area contributed by atoms with E-state index in [0.29, 0.717) is 11.7 Å². The summed E-state index contributed by atoms with van der Waals surface area (Å²) in [5, 5.41) is 2.09. The average Bonchev–Trinajstić information content (AvgIpc) is 2.56. The van der Waals surface area contributed by atoms with Gasteiger partial charge in [0, 0.05) is 17.7 Å². The highest BCUT2D eigenvalue weighted by molar-refractivity contribution is 7.09. The molecule has 0 saturated carbocycles. The minimum absolute atomic E-state index is 0.413. The van der Waals surface area contributed by atoms with Crippen molar-refractivity contribution in [3.05, 3.63) is 22.4 Å². The molecule has 1 aromatic heterocycles. The van der Waals surface area contributed by atoms with Gasteiger partial charge in [-0.1, -0.05) is 19.9 Å². The number of hydrogen-bond acceptors (Lipinski definition) is 2. The van der Waals surface area contributed by atoms with Gasteiger partial charge in [0.25, 0.3) is 0 Å². The molecule has 0 saturated heterocycles. The summed E-state index contributed by atoms with van der Waals surface area (Å²) in [6.07, 6.45) is 3.51. The van der Waals surface area contributed by atoms with E-state index in [1.807, 2.05) is 0 Å². The maximum atomic E-state index is 11.4. The Morgan fingerprint density at radius 2 is 2.36 bits per heavy atom. The van der Waals surface area contributed by atoms with E-state index in [2.05, 4.69) is 31.4 Å². The lowest BCUT2D eigenvalue weighted by Crippen LogP contribution is -2.06. The van der Waals surface area contributed by atoms with Gasteiger partial charge in [0.1, 0.15) is 5.78 Å². The Hall–Kier alpha value is -0.630. The van der Waals surface area contributed by atoms with E-state index < -0.39 is 0 Å². The summed E-state index contributed by atoms with van der Waals surface area (Å²) >= 11 is 1.78. The van der Waals surface area contributed by atoms with Crippen LogP contribution in [0.1, 0.15) is 38.0 Å². The fraction of sp³-hybridized carbons (Fsp3) is 0.583. The minimum Gasteiger partial charge on any atom is -0.300 e. The zero-order chi connectivity index (χ0) is 10.4. The van der Waals surface area contributed by atoms with Crippen molar-refractivity contribution >= 4 is 17.1 Å². The molecule has 0 spiro atoms. The molecule has 2 heteroatoms. The normalized spacial score (nSPS) is 12.7. The van der Waals surface area contributed by atoms with Crippen LogP contribution < -0.4 is 0 Å². The van der Waals surface area contributed by atoms with Gasteiger partial charge in [-0.05, 0) is 30.2 Å². The lowest BCUT2D eigenvalue weighted by Gasteiger charge is -2.08. The second kappa shape index (κ2) is 5.97. The van der Waals surface area contributed by atoms with Gasteiger partial charge in [-0.2, -0.15) is 0 Å². The average molecular weight is 210 g/mol. The smallest absolute Gasteiger partial charge is 0.133 e. The molecule has 1 atom stereocenters. The number of hydrogen-bond donors (Lipinski definition) is 0. The van der Waals surface area contributed by atoms with Crippen molar-refractivity contribution in [3.63, 3.8) is 0 Å². The van der Waals surface area contributed by atoms with Crippen LogP contribution in [0.3, 0.4) is 0 Å². The zero-order valence-electron chi connectivity index (χ0n) is 8.95. The molecule has 0 bridgehead atoms. The lowest BCUT2D eigenvalue weighted by molar-refractivity contribution is -0.119. The first kappa shape index (κ1) is 11.4. The lowest BCUT2D eigenvalue weighted by atomic mass is 9.98. The van der Waals surface area contributed by atoms with Crippen LogP contribution in [-0.2, 0) is 11.2 Å². The predicted octanol–water partition coefficient (Wildman–Crippen LogP) is 3.69. The van der Waals surface area contributed by atoms with Gasteiger partial charge < -0.3 is 0 Å². The minimum atomic E-state index is 0.413. The second-order valence-corrected chi connectivity index (χ2v) is 4.91. The van der Waals surface area contributed by atoms with E-state index >= 15 is 0 Å². The van der Waals surface area contributed by atoms with E-state index in [-0.39, 0.29) is 0 Å². The zero-order valence-corrected chi connectivity index (χ0v) is 9.77. The molecule has 78 valence electrons. The molecule has 0 aliphatic carbocycles. The van der Waals surface area contributed by atoms with E-state index in [0.717, 1.165) is 25.7 Å². The number of Topliss-reactive ketones (excluding diaryl/α,β-unsaturated/α-hetero) is 1. The Kier molecular flexibility index (Phi) is 4.88. The topological polar surface area (TPSA) is 17.1 Å². The number of carbonyl (C=O) groups excluding carboxylic acids is 1. The van der Waals surface area contributed by atoms with E-state index in [1.54, 1.807) is 11.3 Å². The van der Waals surface area contributed by atoms with Crippen LogP contribution in [-0.4, -0.2) is 5.78 Å². The molecule has 0 aliphatic rings. The molecule has 14 heavy (non-hydrogen) atoms. The molecule has 0 radical (unpaired) electrons. The van der Waals surface area contributed by atoms with Gasteiger partial charge in [-0.25, -0.2) is 0 Å². The van der Waals surface area contributed by atoms with Crippen molar-refractivity contribution < 1.29 is 4.79 Å². The van der Waals surface area contributed by atoms with Crippen LogP contribution in [0.4, 0.5) is 0 Å². The third-order valence-electron chi connectivity index (χ3n) is 2.23. The number of rotatable bonds is 6. The number of ketones is 1. The number of thiophene rings is 1. The first-order chi connectivity index (χ1) is 6.72. The number of carbonyl (C=O) groups is 1. The van der Waals surface area contributed by atoms with Crippen LogP contribution in [0.5, 0.6) is 0 Å². The molecule has 1 unspecified atom stereocenters. The van der Waals surface area contributed by atoms with Crippen LogP contribution >= 0.6 is 11.3 Å². The Morgan fingerprint density at radius 3 is 2.93 bits per heavy atom. The van der Waals surface area contributed by atoms with E-state index in [9.17, 15) is 4.79 Å². The maximum absolute atomic E-state index is 11.4. The third kappa shape index (κ3) is 4.05. The second-order valence-electron chi connectivity index (χ2n) is 3.88. The summed E-state index contributed by atoms with van der Waals surface area (Å²) < 4.78 is 0. The molecule has 1 heterocycles. The van der Waals surface area contributed by atoms with Gasteiger partial charge in [-0.3, -0.25) is 4.79 Å². The highest BCUT2D eigenvalue weighted by atomic mass is 32.1. The van der Waals surface area contributed by atoms with Crippen molar-refractivity contribution in [1.82, 2.24) is 0 Å². The molecule has 0 N–H and O–H groups in total. The van der Waals surface area contributed by atoms with E-state index in [1.165, 1.54) is 4.88 Å². The van der Waals surface area contributed by atoms with Crippen LogP contribution in [0.15, 0.2) is 17.5 Å². The summed E-state index contributed by atoms with van der Waals surface area (Å²) in [5.41, 5.74) is 0. The van der Waals surface area contributed by atoms with Crippen LogP contribution in [0, 0.1) is 5.92 Å². The summed E-state index contributed by atoms with van der Waals surface area (Å²) in [6, 6.07) is 4.21. The molecule has 1 nitrogen and oxygen atoms in total. The van der Waals surface area contributed by atoms with E-state index in [4.69, 9.17) is 0 Å². The largest absolute Gasteiger partial charge is 0.300 e. The van der Waals surface area contributed by atoms with Crippen LogP contribution in [0.25, 0.3) is 0 Å². The van der Waals surface area contributed by atoms with Crippen molar-refractivity contribution in [2.24, 2.45) is 5.92 Å². The summed E-state index contributed by atoms with van der Waals surface area (Å²) in [4.78, 5) is 12.8. The Bertz CT molecular complexity index is 264. The molecule has 1 aromatic rings. The Balaban J connectivity index is 2.29. The monoisotopic (exact) mass is 210 g/mol. The van der Waals surface area contributed by atoms with Crippen molar-refractivity contribution in [1.29, 1.82) is 0 Å². The molecular weight excluding hydrogens is 192 g/mol. The molecular formula is C12H18OS. The van der Waals surface area contributed by atoms with Gasteiger partial charge in [-0.15, -0.1) is 11.3 Å². The van der Waals surface area contributed by atoms with Gasteiger partial charge in [0.2, 0.25) is 0 Å². The van der Waals surface area contributed by atoms with Gasteiger partial charge in [0.15, 0.2) is 0 Å². The highest BCUT2D eigenvalue weighted by Crippen LogP contribution is 2.17. The first-order valence-electron chi connectivity index (χ1n) is 5.26. The molecule has 1 rings (SSSR count). The molecule has 0 fully saturated rings.